The molecule has 0 saturated carbocycles. The van der Waals surface area contributed by atoms with Gasteiger partial charge in [0.2, 0.25) is 5.91 Å². The second kappa shape index (κ2) is 9.41. The highest BCUT2D eigenvalue weighted by molar-refractivity contribution is 6.38. The number of hydrogen-bond donors (Lipinski definition) is 1. The summed E-state index contributed by atoms with van der Waals surface area (Å²) in [7, 11) is 3.93. The number of nitrogens with one attached hydrogen (secondary N) is 1. The first-order valence-corrected chi connectivity index (χ1v) is 10.7. The van der Waals surface area contributed by atoms with Gasteiger partial charge in [-0.1, -0.05) is 60.2 Å². The minimum absolute atomic E-state index is 0.0522. The van der Waals surface area contributed by atoms with Crippen LogP contribution >= 0.6 is 11.6 Å². The summed E-state index contributed by atoms with van der Waals surface area (Å²) in [6.07, 6.45) is 8.24. The maximum atomic E-state index is 12.5. The van der Waals surface area contributed by atoms with E-state index in [1.54, 1.807) is 4.68 Å². The van der Waals surface area contributed by atoms with E-state index in [1.165, 1.54) is 0 Å². The van der Waals surface area contributed by atoms with Crippen molar-refractivity contribution in [1.82, 2.24) is 30.2 Å². The van der Waals surface area contributed by atoms with Crippen LogP contribution in [0.1, 0.15) is 18.5 Å². The largest absolute Gasteiger partial charge is 0.353 e. The molecule has 1 aliphatic rings. The Labute approximate surface area is 186 Å². The maximum Gasteiger partial charge on any atom is 0.241 e. The summed E-state index contributed by atoms with van der Waals surface area (Å²) in [5.74, 6) is -0.129. The van der Waals surface area contributed by atoms with E-state index >= 15 is 0 Å². The van der Waals surface area contributed by atoms with Crippen molar-refractivity contribution in [3.8, 4) is 11.3 Å². The molecule has 3 aromatic rings. The van der Waals surface area contributed by atoms with Gasteiger partial charge >= 0.3 is 0 Å². The topological polar surface area (TPSA) is 75.9 Å². The molecule has 8 heteroatoms. The van der Waals surface area contributed by atoms with Crippen molar-refractivity contribution in [2.24, 2.45) is 0 Å². The minimum Gasteiger partial charge on any atom is -0.353 e. The maximum absolute atomic E-state index is 12.5. The number of carbonyl (C=O) groups excluding carboxylic acids is 1. The standard InChI is InChI=1S/C23H25ClN6O/c1-29(2)14-13-25-18(31)15-30-23-19(21(28-30)16-9-5-3-6-10-16)20(24)22(26-27-23)17-11-7-4-8-12-17/h4-5,7-12H,3,6,13-15H2,1-2H3,(H,25,31). The Morgan fingerprint density at radius 2 is 1.97 bits per heavy atom. The molecule has 7 nitrogen and oxygen atoms in total. The van der Waals surface area contributed by atoms with Crippen LogP contribution in [0.5, 0.6) is 0 Å². The van der Waals surface area contributed by atoms with E-state index in [1.807, 2.05) is 55.4 Å². The molecule has 1 aromatic carbocycles. The molecule has 0 radical (unpaired) electrons. The lowest BCUT2D eigenvalue weighted by Crippen LogP contribution is -2.33. The zero-order valence-electron chi connectivity index (χ0n) is 17.7. The molecule has 31 heavy (non-hydrogen) atoms. The number of benzene rings is 1. The molecular weight excluding hydrogens is 412 g/mol. The Kier molecular flexibility index (Phi) is 6.44. The molecule has 0 fully saturated rings. The summed E-state index contributed by atoms with van der Waals surface area (Å²) >= 11 is 6.86. The van der Waals surface area contributed by atoms with Crippen molar-refractivity contribution >= 4 is 34.1 Å². The molecule has 0 saturated heterocycles. The molecular formula is C23H25ClN6O. The Hall–Kier alpha value is -3.03. The van der Waals surface area contributed by atoms with Gasteiger partial charge in [-0.3, -0.25) is 4.79 Å². The predicted octanol–water partition coefficient (Wildman–Crippen LogP) is 3.56. The number of amides is 1. The number of aromatic nitrogens is 4. The van der Waals surface area contributed by atoms with Crippen LogP contribution in [-0.4, -0.2) is 58.0 Å². The van der Waals surface area contributed by atoms with Crippen LogP contribution in [0.25, 0.3) is 27.9 Å². The van der Waals surface area contributed by atoms with E-state index < -0.39 is 0 Å². The first kappa shape index (κ1) is 21.2. The third kappa shape index (κ3) is 4.68. The van der Waals surface area contributed by atoms with Crippen molar-refractivity contribution in [2.75, 3.05) is 27.2 Å². The average Bonchev–Trinajstić information content (AvgIpc) is 3.14. The number of rotatable bonds is 7. The highest BCUT2D eigenvalue weighted by atomic mass is 35.5. The smallest absolute Gasteiger partial charge is 0.241 e. The van der Waals surface area contributed by atoms with Crippen molar-refractivity contribution in [3.05, 3.63) is 59.3 Å². The molecule has 1 amide bonds. The highest BCUT2D eigenvalue weighted by Crippen LogP contribution is 2.36. The fourth-order valence-corrected chi connectivity index (χ4v) is 3.83. The molecule has 160 valence electrons. The average molecular weight is 437 g/mol. The van der Waals surface area contributed by atoms with E-state index in [4.69, 9.17) is 16.7 Å². The third-order valence-corrected chi connectivity index (χ3v) is 5.46. The van der Waals surface area contributed by atoms with Crippen LogP contribution in [0.15, 0.2) is 48.6 Å². The Balaban J connectivity index is 1.76. The number of allylic oxidation sites excluding steroid dienone is 4. The van der Waals surface area contributed by atoms with Gasteiger partial charge in [0.15, 0.2) is 5.65 Å². The molecule has 2 heterocycles. The number of halogens is 1. The molecule has 0 atom stereocenters. The lowest BCUT2D eigenvalue weighted by atomic mass is 10.0. The third-order valence-electron chi connectivity index (χ3n) is 5.09. The van der Waals surface area contributed by atoms with Gasteiger partial charge in [0.25, 0.3) is 0 Å². The number of carbonyl (C=O) groups is 1. The first-order valence-electron chi connectivity index (χ1n) is 10.3. The molecule has 0 unspecified atom stereocenters. The summed E-state index contributed by atoms with van der Waals surface area (Å²) in [4.78, 5) is 14.5. The van der Waals surface area contributed by atoms with Gasteiger partial charge in [-0.05, 0) is 32.5 Å². The van der Waals surface area contributed by atoms with Gasteiger partial charge in [-0.25, -0.2) is 4.68 Å². The fourth-order valence-electron chi connectivity index (χ4n) is 3.51. The van der Waals surface area contributed by atoms with Crippen LogP contribution in [-0.2, 0) is 11.3 Å². The van der Waals surface area contributed by atoms with Crippen molar-refractivity contribution in [3.63, 3.8) is 0 Å². The summed E-state index contributed by atoms with van der Waals surface area (Å²) in [5, 5.41) is 17.6. The van der Waals surface area contributed by atoms with Crippen molar-refractivity contribution in [2.45, 2.75) is 19.4 Å². The van der Waals surface area contributed by atoms with Gasteiger partial charge in [-0.15, -0.1) is 10.2 Å². The van der Waals surface area contributed by atoms with Gasteiger partial charge in [0.05, 0.1) is 10.4 Å². The van der Waals surface area contributed by atoms with Gasteiger partial charge in [-0.2, -0.15) is 5.10 Å². The Bertz CT molecular complexity index is 1150. The summed E-state index contributed by atoms with van der Waals surface area (Å²) < 4.78 is 1.59. The summed E-state index contributed by atoms with van der Waals surface area (Å²) in [5.41, 5.74) is 3.70. The minimum atomic E-state index is -0.129. The molecule has 0 bridgehead atoms. The van der Waals surface area contributed by atoms with E-state index in [9.17, 15) is 4.79 Å². The lowest BCUT2D eigenvalue weighted by Gasteiger charge is -2.10. The molecule has 1 N–H and O–H groups in total. The molecule has 0 aliphatic heterocycles. The lowest BCUT2D eigenvalue weighted by molar-refractivity contribution is -0.121. The Morgan fingerprint density at radius 1 is 1.16 bits per heavy atom. The summed E-state index contributed by atoms with van der Waals surface area (Å²) in [6.45, 7) is 1.38. The number of fused-ring (bicyclic) bond motifs is 1. The predicted molar refractivity (Wildman–Crippen MR) is 124 cm³/mol. The fraction of sp³-hybridized carbons (Fsp3) is 0.304. The molecule has 0 spiro atoms. The Morgan fingerprint density at radius 3 is 2.68 bits per heavy atom. The SMILES string of the molecule is CN(C)CCNC(=O)Cn1nc(C2=CCCC=C2)c2c(Cl)c(-c3ccccc3)nnc21. The van der Waals surface area contributed by atoms with E-state index in [2.05, 4.69) is 27.7 Å². The zero-order chi connectivity index (χ0) is 21.8. The normalized spacial score (nSPS) is 13.6. The van der Waals surface area contributed by atoms with Crippen LogP contribution in [0.4, 0.5) is 0 Å². The van der Waals surface area contributed by atoms with E-state index in [0.717, 1.165) is 41.6 Å². The first-order chi connectivity index (χ1) is 15.0. The highest BCUT2D eigenvalue weighted by Gasteiger charge is 2.22. The van der Waals surface area contributed by atoms with E-state index in [-0.39, 0.29) is 12.5 Å². The molecule has 1 aliphatic carbocycles. The van der Waals surface area contributed by atoms with Crippen molar-refractivity contribution in [1.29, 1.82) is 0 Å². The van der Waals surface area contributed by atoms with E-state index in [0.29, 0.717) is 22.9 Å². The second-order valence-electron chi connectivity index (χ2n) is 7.73. The number of nitrogens with zero attached hydrogens (tertiary/aromatic N) is 5. The van der Waals surface area contributed by atoms with Gasteiger partial charge in [0.1, 0.15) is 17.9 Å². The van der Waals surface area contributed by atoms with Crippen LogP contribution in [0.3, 0.4) is 0 Å². The van der Waals surface area contributed by atoms with Crippen LogP contribution in [0, 0.1) is 0 Å². The quantitative estimate of drug-likeness (QED) is 0.612. The molecule has 2 aromatic heterocycles. The second-order valence-corrected chi connectivity index (χ2v) is 8.10. The number of likely N-dealkylation sites (N-methyl/N-ethyl adjacent to an activating group) is 1. The van der Waals surface area contributed by atoms with Crippen LogP contribution < -0.4 is 5.32 Å². The van der Waals surface area contributed by atoms with Gasteiger partial charge < -0.3 is 10.2 Å². The summed E-state index contributed by atoms with van der Waals surface area (Å²) in [6, 6.07) is 9.71. The zero-order valence-corrected chi connectivity index (χ0v) is 18.4. The van der Waals surface area contributed by atoms with Crippen molar-refractivity contribution < 1.29 is 4.79 Å². The monoisotopic (exact) mass is 436 g/mol. The van der Waals surface area contributed by atoms with Crippen LogP contribution in [0.2, 0.25) is 5.02 Å². The van der Waals surface area contributed by atoms with Gasteiger partial charge in [0, 0.05) is 18.7 Å². The number of hydrogen-bond acceptors (Lipinski definition) is 5. The molecule has 4 rings (SSSR count).